The largest absolute Gasteiger partial charge is 0.396 e. The predicted octanol–water partition coefficient (Wildman–Crippen LogP) is -1.94. The molecule has 1 aliphatic heterocycles. The number of aliphatic hydroxyl groups excluding tert-OH is 2. The first-order chi connectivity index (χ1) is 8.10. The number of aromatic nitrogens is 2. The van der Waals surface area contributed by atoms with Crippen LogP contribution in [-0.4, -0.2) is 45.0 Å². The number of hydrogen-bond donors (Lipinski definition) is 4. The van der Waals surface area contributed by atoms with Gasteiger partial charge in [0.05, 0.1) is 31.6 Å². The Hall–Kier alpha value is -1.64. The van der Waals surface area contributed by atoms with Gasteiger partial charge < -0.3 is 26.4 Å². The number of carbonyl (C=O) groups excluding carboxylic acids is 1. The lowest BCUT2D eigenvalue weighted by Gasteiger charge is -2.43. The van der Waals surface area contributed by atoms with Crippen molar-refractivity contribution in [2.75, 3.05) is 18.9 Å². The van der Waals surface area contributed by atoms with Gasteiger partial charge in [-0.2, -0.15) is 0 Å². The summed E-state index contributed by atoms with van der Waals surface area (Å²) in [6.45, 7) is -0.335. The second-order valence-corrected chi connectivity index (χ2v) is 3.84. The van der Waals surface area contributed by atoms with E-state index in [-0.39, 0.29) is 30.6 Å². The molecule has 1 amide bonds. The molecule has 0 radical (unpaired) electrons. The summed E-state index contributed by atoms with van der Waals surface area (Å²) in [5, 5.41) is 18.1. The summed E-state index contributed by atoms with van der Waals surface area (Å²) in [5.41, 5.74) is 10.7. The number of ether oxygens (including phenoxy) is 1. The first kappa shape index (κ1) is 11.8. The van der Waals surface area contributed by atoms with Crippen LogP contribution in [0.25, 0.3) is 0 Å². The molecule has 0 bridgehead atoms. The fraction of sp³-hybridized carbons (Fsp3) is 0.556. The standard InChI is InChI=1S/C9H14N4O4/c10-7-6(8(11)16)12-3-13(7)9-4(1-14)5(2-15)17-9/h3-5,9,14-15H,1-2,10H2,(H2,11,16). The van der Waals surface area contributed by atoms with E-state index in [1.807, 2.05) is 0 Å². The molecule has 2 heterocycles. The molecule has 6 N–H and O–H groups in total. The van der Waals surface area contributed by atoms with Crippen LogP contribution in [0.4, 0.5) is 5.82 Å². The Kier molecular flexibility index (Phi) is 3.01. The summed E-state index contributed by atoms with van der Waals surface area (Å²) in [7, 11) is 0. The molecule has 1 saturated heterocycles. The summed E-state index contributed by atoms with van der Waals surface area (Å²) in [4.78, 5) is 14.7. The van der Waals surface area contributed by atoms with Crippen molar-refractivity contribution in [3.05, 3.63) is 12.0 Å². The van der Waals surface area contributed by atoms with Gasteiger partial charge in [0, 0.05) is 0 Å². The van der Waals surface area contributed by atoms with E-state index in [9.17, 15) is 4.79 Å². The molecule has 3 unspecified atom stereocenters. The van der Waals surface area contributed by atoms with E-state index in [0.29, 0.717) is 0 Å². The number of rotatable bonds is 4. The Bertz CT molecular complexity index is 433. The smallest absolute Gasteiger partial charge is 0.271 e. The molecule has 1 fully saturated rings. The van der Waals surface area contributed by atoms with Crippen LogP contribution in [0.5, 0.6) is 0 Å². The zero-order valence-corrected chi connectivity index (χ0v) is 8.98. The molecule has 0 spiro atoms. The molecule has 0 aliphatic carbocycles. The molecule has 0 saturated carbocycles. The number of anilines is 1. The highest BCUT2D eigenvalue weighted by Crippen LogP contribution is 2.38. The van der Waals surface area contributed by atoms with Crippen molar-refractivity contribution in [3.63, 3.8) is 0 Å². The van der Waals surface area contributed by atoms with Gasteiger partial charge in [-0.25, -0.2) is 4.98 Å². The molecule has 1 aliphatic rings. The topological polar surface area (TPSA) is 137 Å². The minimum atomic E-state index is -0.722. The first-order valence-corrected chi connectivity index (χ1v) is 5.09. The SMILES string of the molecule is NC(=O)c1ncn(C2OC(CO)C2CO)c1N. The Morgan fingerprint density at radius 3 is 2.71 bits per heavy atom. The molecular weight excluding hydrogens is 228 g/mol. The summed E-state index contributed by atoms with van der Waals surface area (Å²) >= 11 is 0. The van der Waals surface area contributed by atoms with Crippen LogP contribution >= 0.6 is 0 Å². The fourth-order valence-corrected chi connectivity index (χ4v) is 1.90. The van der Waals surface area contributed by atoms with E-state index in [4.69, 9.17) is 26.4 Å². The van der Waals surface area contributed by atoms with Gasteiger partial charge in [0.2, 0.25) is 0 Å². The first-order valence-electron chi connectivity index (χ1n) is 5.09. The number of primary amides is 1. The quantitative estimate of drug-likeness (QED) is 0.485. The van der Waals surface area contributed by atoms with Gasteiger partial charge in [0.25, 0.3) is 5.91 Å². The van der Waals surface area contributed by atoms with Gasteiger partial charge in [-0.15, -0.1) is 0 Å². The van der Waals surface area contributed by atoms with Gasteiger partial charge in [0.1, 0.15) is 12.0 Å². The lowest BCUT2D eigenvalue weighted by atomic mass is 9.95. The van der Waals surface area contributed by atoms with Crippen LogP contribution in [0.1, 0.15) is 16.7 Å². The van der Waals surface area contributed by atoms with E-state index in [0.717, 1.165) is 0 Å². The van der Waals surface area contributed by atoms with Crippen molar-refractivity contribution in [1.29, 1.82) is 0 Å². The molecule has 3 atom stereocenters. The van der Waals surface area contributed by atoms with Crippen LogP contribution < -0.4 is 11.5 Å². The van der Waals surface area contributed by atoms with Gasteiger partial charge in [-0.3, -0.25) is 9.36 Å². The van der Waals surface area contributed by atoms with Crippen molar-refractivity contribution in [2.24, 2.45) is 11.7 Å². The maximum atomic E-state index is 11.0. The number of carbonyl (C=O) groups is 1. The van der Waals surface area contributed by atoms with E-state index in [1.54, 1.807) is 0 Å². The molecular formula is C9H14N4O4. The highest BCUT2D eigenvalue weighted by atomic mass is 16.5. The Morgan fingerprint density at radius 1 is 1.53 bits per heavy atom. The third kappa shape index (κ3) is 1.75. The number of nitrogen functional groups attached to an aromatic ring is 1. The Morgan fingerprint density at radius 2 is 2.24 bits per heavy atom. The third-order valence-electron chi connectivity index (χ3n) is 2.89. The highest BCUT2D eigenvalue weighted by Gasteiger charge is 2.43. The number of nitrogens with zero attached hydrogens (tertiary/aromatic N) is 2. The molecule has 0 aromatic carbocycles. The van der Waals surface area contributed by atoms with Crippen LogP contribution in [-0.2, 0) is 4.74 Å². The predicted molar refractivity (Wildman–Crippen MR) is 56.7 cm³/mol. The van der Waals surface area contributed by atoms with E-state index < -0.39 is 18.2 Å². The minimum absolute atomic E-state index is 0.0299. The summed E-state index contributed by atoms with van der Waals surface area (Å²) in [6.07, 6.45) is 0.373. The monoisotopic (exact) mass is 242 g/mol. The van der Waals surface area contributed by atoms with Crippen LogP contribution in [0, 0.1) is 5.92 Å². The van der Waals surface area contributed by atoms with E-state index in [2.05, 4.69) is 4.98 Å². The van der Waals surface area contributed by atoms with Gasteiger partial charge in [0.15, 0.2) is 5.69 Å². The fourth-order valence-electron chi connectivity index (χ4n) is 1.90. The average molecular weight is 242 g/mol. The summed E-state index contributed by atoms with van der Waals surface area (Å²) in [5.74, 6) is -0.908. The molecule has 8 nitrogen and oxygen atoms in total. The molecule has 94 valence electrons. The lowest BCUT2D eigenvalue weighted by molar-refractivity contribution is -0.244. The highest BCUT2D eigenvalue weighted by molar-refractivity contribution is 5.95. The third-order valence-corrected chi connectivity index (χ3v) is 2.89. The number of imidazole rings is 1. The van der Waals surface area contributed by atoms with Crippen LogP contribution in [0.2, 0.25) is 0 Å². The Labute approximate surface area is 96.8 Å². The lowest BCUT2D eigenvalue weighted by Crippen LogP contribution is -2.49. The van der Waals surface area contributed by atoms with E-state index >= 15 is 0 Å². The maximum absolute atomic E-state index is 11.0. The van der Waals surface area contributed by atoms with E-state index in [1.165, 1.54) is 10.9 Å². The average Bonchev–Trinajstić information content (AvgIpc) is 2.61. The van der Waals surface area contributed by atoms with Crippen molar-refractivity contribution in [1.82, 2.24) is 9.55 Å². The molecule has 17 heavy (non-hydrogen) atoms. The van der Waals surface area contributed by atoms with Crippen LogP contribution in [0.3, 0.4) is 0 Å². The van der Waals surface area contributed by atoms with Crippen molar-refractivity contribution < 1.29 is 19.7 Å². The number of nitrogens with two attached hydrogens (primary N) is 2. The zero-order valence-electron chi connectivity index (χ0n) is 8.98. The van der Waals surface area contributed by atoms with Crippen LogP contribution in [0.15, 0.2) is 6.33 Å². The molecule has 1 aromatic rings. The summed E-state index contributed by atoms with van der Waals surface area (Å²) < 4.78 is 6.76. The second kappa shape index (κ2) is 4.32. The van der Waals surface area contributed by atoms with Crippen molar-refractivity contribution in [3.8, 4) is 0 Å². The van der Waals surface area contributed by atoms with Crippen molar-refractivity contribution >= 4 is 11.7 Å². The molecule has 8 heteroatoms. The maximum Gasteiger partial charge on any atom is 0.271 e. The van der Waals surface area contributed by atoms with Gasteiger partial charge >= 0.3 is 0 Å². The number of amides is 1. The molecule has 2 rings (SSSR count). The Balaban J connectivity index is 2.22. The zero-order chi connectivity index (χ0) is 12.6. The summed E-state index contributed by atoms with van der Waals surface area (Å²) in [6, 6.07) is 0. The van der Waals surface area contributed by atoms with Gasteiger partial charge in [-0.05, 0) is 0 Å². The second-order valence-electron chi connectivity index (χ2n) is 3.84. The van der Waals surface area contributed by atoms with Gasteiger partial charge in [-0.1, -0.05) is 0 Å². The number of hydrogen-bond acceptors (Lipinski definition) is 6. The number of aliphatic hydroxyl groups is 2. The normalized spacial score (nSPS) is 27.8. The molecule has 1 aromatic heterocycles. The minimum Gasteiger partial charge on any atom is -0.396 e. The van der Waals surface area contributed by atoms with Crippen molar-refractivity contribution in [2.45, 2.75) is 12.3 Å².